The number of thiazole rings is 1. The van der Waals surface area contributed by atoms with Crippen molar-refractivity contribution >= 4 is 59.5 Å². The van der Waals surface area contributed by atoms with Gasteiger partial charge in [0.1, 0.15) is 45.2 Å². The van der Waals surface area contributed by atoms with Crippen LogP contribution in [0.1, 0.15) is 10.6 Å². The van der Waals surface area contributed by atoms with Crippen molar-refractivity contribution in [2.75, 3.05) is 23.9 Å². The minimum atomic E-state index is -3.04. The van der Waals surface area contributed by atoms with Crippen molar-refractivity contribution < 1.29 is 17.5 Å². The highest BCUT2D eigenvalue weighted by atomic mass is 79.9. The molecule has 0 atom stereocenters. The van der Waals surface area contributed by atoms with E-state index in [1.807, 2.05) is 48.5 Å². The van der Waals surface area contributed by atoms with E-state index >= 15 is 4.39 Å². The number of anilines is 2. The van der Waals surface area contributed by atoms with Gasteiger partial charge in [-0.3, -0.25) is 0 Å². The Morgan fingerprint density at radius 2 is 1.90 bits per heavy atom. The second-order valence-corrected chi connectivity index (χ2v) is 13.1. The van der Waals surface area contributed by atoms with Gasteiger partial charge in [0.25, 0.3) is 0 Å². The van der Waals surface area contributed by atoms with E-state index in [-0.39, 0.29) is 5.75 Å². The minimum absolute atomic E-state index is 0.0420. The lowest BCUT2D eigenvalue weighted by molar-refractivity contribution is 0.304. The molecule has 40 heavy (non-hydrogen) atoms. The van der Waals surface area contributed by atoms with Crippen LogP contribution in [0, 0.1) is 5.82 Å². The molecule has 0 aliphatic rings. The number of hydrogen-bond donors (Lipinski definition) is 2. The highest BCUT2D eigenvalue weighted by molar-refractivity contribution is 9.10. The molecule has 0 amide bonds. The molecule has 3 aromatic carbocycles. The van der Waals surface area contributed by atoms with Crippen LogP contribution < -0.4 is 15.4 Å². The van der Waals surface area contributed by atoms with Crippen LogP contribution in [0.5, 0.6) is 5.75 Å². The molecule has 0 fully saturated rings. The van der Waals surface area contributed by atoms with Gasteiger partial charge >= 0.3 is 0 Å². The zero-order valence-electron chi connectivity index (χ0n) is 21.4. The van der Waals surface area contributed by atoms with Crippen LogP contribution in [0.2, 0.25) is 0 Å². The summed E-state index contributed by atoms with van der Waals surface area (Å²) in [5, 5.41) is 9.51. The quantitative estimate of drug-likeness (QED) is 0.166. The van der Waals surface area contributed by atoms with Gasteiger partial charge in [-0.05, 0) is 45.8 Å². The number of nitrogens with one attached hydrogen (secondary N) is 2. The summed E-state index contributed by atoms with van der Waals surface area (Å²) in [6.45, 7) is 1.16. The van der Waals surface area contributed by atoms with Crippen molar-refractivity contribution in [1.29, 1.82) is 0 Å². The third kappa shape index (κ3) is 7.19. The molecule has 0 aliphatic carbocycles. The van der Waals surface area contributed by atoms with Crippen LogP contribution >= 0.6 is 27.3 Å². The highest BCUT2D eigenvalue weighted by Crippen LogP contribution is 2.34. The topological polar surface area (TPSA) is 106 Å². The molecule has 5 rings (SSSR count). The Balaban J connectivity index is 1.33. The first-order valence-electron chi connectivity index (χ1n) is 12.3. The summed E-state index contributed by atoms with van der Waals surface area (Å²) in [5.41, 5.74) is 3.11. The van der Waals surface area contributed by atoms with E-state index in [1.165, 1.54) is 30.0 Å². The molecule has 12 heteroatoms. The van der Waals surface area contributed by atoms with E-state index in [0.29, 0.717) is 53.4 Å². The minimum Gasteiger partial charge on any atom is -0.488 e. The number of ether oxygens (including phenoxy) is 1. The van der Waals surface area contributed by atoms with Crippen molar-refractivity contribution in [3.63, 3.8) is 0 Å². The molecule has 0 saturated carbocycles. The molecule has 2 heterocycles. The van der Waals surface area contributed by atoms with Crippen LogP contribution in [-0.4, -0.2) is 41.9 Å². The van der Waals surface area contributed by atoms with E-state index < -0.39 is 15.7 Å². The van der Waals surface area contributed by atoms with Gasteiger partial charge in [-0.15, -0.1) is 11.3 Å². The largest absolute Gasteiger partial charge is 0.488 e. The summed E-state index contributed by atoms with van der Waals surface area (Å²) < 4.78 is 44.4. The smallest absolute Gasteiger partial charge is 0.148 e. The molecule has 0 aliphatic heterocycles. The van der Waals surface area contributed by atoms with E-state index in [1.54, 1.807) is 11.4 Å². The highest BCUT2D eigenvalue weighted by Gasteiger charge is 2.15. The number of nitrogens with zero attached hydrogens (tertiary/aromatic N) is 3. The summed E-state index contributed by atoms with van der Waals surface area (Å²) in [6, 6.07) is 18.6. The molecule has 5 aromatic rings. The standard InChI is InChI=1S/C28H25BrFN5O3S2/c1-40(36,37)10-9-31-14-27-35-25(16-39-27)20-12-21-24(13-23(20)30)32-17-33-28(21)34-19-7-8-26(22(29)11-19)38-15-18-5-3-2-4-6-18/h2-8,11-13,16-17,31H,9-10,14-15H2,1H3,(H,32,33,34). The van der Waals surface area contributed by atoms with Crippen LogP contribution in [0.3, 0.4) is 0 Å². The molecule has 8 nitrogen and oxygen atoms in total. The lowest BCUT2D eigenvalue weighted by Gasteiger charge is -2.12. The van der Waals surface area contributed by atoms with Gasteiger partial charge in [0.15, 0.2) is 0 Å². The molecule has 206 valence electrons. The Labute approximate surface area is 243 Å². The third-order valence-corrected chi connectivity index (χ3v) is 8.32. The van der Waals surface area contributed by atoms with Crippen LogP contribution in [0.4, 0.5) is 15.9 Å². The van der Waals surface area contributed by atoms with Gasteiger partial charge in [-0.25, -0.2) is 27.8 Å². The van der Waals surface area contributed by atoms with Crippen molar-refractivity contribution in [3.8, 4) is 17.0 Å². The summed E-state index contributed by atoms with van der Waals surface area (Å²) in [5.74, 6) is 0.826. The SMILES string of the molecule is CS(=O)(=O)CCNCc1nc(-c2cc3c(Nc4ccc(OCc5ccccc5)c(Br)c4)ncnc3cc2F)cs1. The molecule has 0 radical (unpaired) electrons. The predicted molar refractivity (Wildman–Crippen MR) is 160 cm³/mol. The van der Waals surface area contributed by atoms with Crippen molar-refractivity contribution in [2.24, 2.45) is 0 Å². The lowest BCUT2D eigenvalue weighted by Crippen LogP contribution is -2.21. The number of rotatable bonds is 11. The number of fused-ring (bicyclic) bond motifs is 1. The summed E-state index contributed by atoms with van der Waals surface area (Å²) >= 11 is 4.96. The zero-order chi connectivity index (χ0) is 28.1. The van der Waals surface area contributed by atoms with Gasteiger partial charge in [0, 0.05) is 47.4 Å². The molecule has 0 saturated heterocycles. The molecular weight excluding hydrogens is 617 g/mol. The number of aromatic nitrogens is 3. The second kappa shape index (κ2) is 12.4. The van der Waals surface area contributed by atoms with E-state index in [0.717, 1.165) is 20.7 Å². The van der Waals surface area contributed by atoms with Crippen molar-refractivity contribution in [1.82, 2.24) is 20.3 Å². The first kappa shape index (κ1) is 28.1. The van der Waals surface area contributed by atoms with Gasteiger partial charge in [-0.1, -0.05) is 30.3 Å². The molecule has 0 bridgehead atoms. The van der Waals surface area contributed by atoms with Gasteiger partial charge in [0.05, 0.1) is 21.4 Å². The Hall–Kier alpha value is -3.45. The van der Waals surface area contributed by atoms with Crippen molar-refractivity contribution in [2.45, 2.75) is 13.2 Å². The summed E-state index contributed by atoms with van der Waals surface area (Å²) in [7, 11) is -3.04. The number of benzene rings is 3. The maximum Gasteiger partial charge on any atom is 0.148 e. The van der Waals surface area contributed by atoms with E-state index in [4.69, 9.17) is 4.74 Å². The lowest BCUT2D eigenvalue weighted by atomic mass is 10.1. The predicted octanol–water partition coefficient (Wildman–Crippen LogP) is 6.11. The van der Waals surface area contributed by atoms with Crippen LogP contribution in [0.25, 0.3) is 22.2 Å². The summed E-state index contributed by atoms with van der Waals surface area (Å²) in [4.78, 5) is 13.2. The third-order valence-electron chi connectivity index (χ3n) is 5.91. The maximum absolute atomic E-state index is 15.1. The van der Waals surface area contributed by atoms with Gasteiger partial charge in [-0.2, -0.15) is 0 Å². The second-order valence-electron chi connectivity index (χ2n) is 9.05. The normalized spacial score (nSPS) is 11.6. The molecule has 0 spiro atoms. The molecule has 2 aromatic heterocycles. The Kier molecular flexibility index (Phi) is 8.69. The first-order valence-corrected chi connectivity index (χ1v) is 16.0. The molecule has 0 unspecified atom stereocenters. The average molecular weight is 643 g/mol. The fraction of sp³-hybridized carbons (Fsp3) is 0.179. The van der Waals surface area contributed by atoms with E-state index in [2.05, 4.69) is 41.5 Å². The maximum atomic E-state index is 15.1. The van der Waals surface area contributed by atoms with Crippen molar-refractivity contribution in [3.05, 3.63) is 93.2 Å². The van der Waals surface area contributed by atoms with Crippen LogP contribution in [0.15, 0.2) is 76.8 Å². The van der Waals surface area contributed by atoms with Crippen LogP contribution in [-0.2, 0) is 23.0 Å². The Morgan fingerprint density at radius 3 is 2.67 bits per heavy atom. The fourth-order valence-electron chi connectivity index (χ4n) is 3.91. The zero-order valence-corrected chi connectivity index (χ0v) is 24.6. The number of hydrogen-bond acceptors (Lipinski definition) is 9. The Morgan fingerprint density at radius 1 is 1.07 bits per heavy atom. The number of sulfone groups is 1. The monoisotopic (exact) mass is 641 g/mol. The summed E-state index contributed by atoms with van der Waals surface area (Å²) in [6.07, 6.45) is 2.58. The van der Waals surface area contributed by atoms with Gasteiger partial charge in [0.2, 0.25) is 0 Å². The molecule has 2 N–H and O–H groups in total. The van der Waals surface area contributed by atoms with E-state index in [9.17, 15) is 8.42 Å². The fourth-order valence-corrected chi connectivity index (χ4v) is 5.68. The average Bonchev–Trinajstić information content (AvgIpc) is 3.39. The Bertz CT molecular complexity index is 1750. The molecular formula is C28H25BrFN5O3S2. The first-order chi connectivity index (χ1) is 19.2. The van der Waals surface area contributed by atoms with Gasteiger partial charge < -0.3 is 15.4 Å². The number of halogens is 2.